The second-order valence-electron chi connectivity index (χ2n) is 3.82. The number of ether oxygens (including phenoxy) is 1. The number of halogens is 2. The molecule has 1 aliphatic carbocycles. The first-order chi connectivity index (χ1) is 9.17. The predicted molar refractivity (Wildman–Crippen MR) is 75.8 cm³/mol. The van der Waals surface area contributed by atoms with Gasteiger partial charge in [-0.1, -0.05) is 41.4 Å². The van der Waals surface area contributed by atoms with Crippen LogP contribution in [0.2, 0.25) is 10.2 Å². The normalized spacial score (nSPS) is 14.2. The van der Waals surface area contributed by atoms with Gasteiger partial charge >= 0.3 is 0 Å². The average Bonchev–Trinajstić information content (AvgIpc) is 2.67. The molecule has 3 nitrogen and oxygen atoms in total. The van der Waals surface area contributed by atoms with Crippen LogP contribution in [0, 0.1) is 11.3 Å². The fourth-order valence-electron chi connectivity index (χ4n) is 1.75. The highest BCUT2D eigenvalue weighted by Gasteiger charge is 2.14. The summed E-state index contributed by atoms with van der Waals surface area (Å²) >= 11 is 11.8. The van der Waals surface area contributed by atoms with E-state index in [1.54, 1.807) is 13.3 Å². The zero-order valence-electron chi connectivity index (χ0n) is 10.2. The van der Waals surface area contributed by atoms with Gasteiger partial charge in [-0.3, -0.25) is 0 Å². The molecule has 0 radical (unpaired) electrons. The Morgan fingerprint density at radius 3 is 2.89 bits per heavy atom. The molecule has 2 rings (SSSR count). The molecular formula is C14H10Cl2N2O. The molecule has 5 heteroatoms. The van der Waals surface area contributed by atoms with Crippen molar-refractivity contribution in [2.75, 3.05) is 7.11 Å². The molecule has 0 aromatic carbocycles. The number of hydrogen-bond acceptors (Lipinski definition) is 3. The van der Waals surface area contributed by atoms with Crippen LogP contribution >= 0.6 is 23.2 Å². The van der Waals surface area contributed by atoms with Crippen LogP contribution in [0.1, 0.15) is 17.5 Å². The molecule has 0 spiro atoms. The molecule has 1 aromatic rings. The van der Waals surface area contributed by atoms with Crippen LogP contribution in [0.15, 0.2) is 36.3 Å². The smallest absolute Gasteiger partial charge is 0.148 e. The molecule has 96 valence electrons. The van der Waals surface area contributed by atoms with Gasteiger partial charge in [0.25, 0.3) is 0 Å². The number of methoxy groups -OCH3 is 1. The van der Waals surface area contributed by atoms with Crippen molar-refractivity contribution in [3.05, 3.63) is 57.6 Å². The van der Waals surface area contributed by atoms with Gasteiger partial charge in [0, 0.05) is 18.2 Å². The van der Waals surface area contributed by atoms with Crippen molar-refractivity contribution >= 4 is 28.8 Å². The Morgan fingerprint density at radius 2 is 2.21 bits per heavy atom. The minimum absolute atomic E-state index is 0.135. The Balaban J connectivity index is 2.48. The summed E-state index contributed by atoms with van der Waals surface area (Å²) < 4.78 is 5.19. The minimum atomic E-state index is 0.135. The third-order valence-corrected chi connectivity index (χ3v) is 3.49. The highest BCUT2D eigenvalue weighted by atomic mass is 35.5. The standard InChI is InChI=1S/C14H10Cl2N2O/c1-19-10-4-2-3-9(5-6-10)12-8-18-14(16)13(15)11(12)7-17/h2-5,8H,6H2,1H3. The Hall–Kier alpha value is -1.76. The van der Waals surface area contributed by atoms with Gasteiger partial charge in [-0.25, -0.2) is 4.98 Å². The van der Waals surface area contributed by atoms with E-state index in [9.17, 15) is 5.26 Å². The quantitative estimate of drug-likeness (QED) is 0.770. The Labute approximate surface area is 121 Å². The zero-order chi connectivity index (χ0) is 13.8. The van der Waals surface area contributed by atoms with Crippen LogP contribution in [0.4, 0.5) is 0 Å². The lowest BCUT2D eigenvalue weighted by atomic mass is 10.0. The first-order valence-electron chi connectivity index (χ1n) is 5.53. The first kappa shape index (κ1) is 13.7. The predicted octanol–water partition coefficient (Wildman–Crippen LogP) is 4.13. The summed E-state index contributed by atoms with van der Waals surface area (Å²) in [7, 11) is 1.62. The lowest BCUT2D eigenvalue weighted by Crippen LogP contribution is -1.93. The monoisotopic (exact) mass is 292 g/mol. The molecule has 0 amide bonds. The molecule has 0 fully saturated rings. The molecule has 1 aromatic heterocycles. The maximum atomic E-state index is 9.21. The van der Waals surface area contributed by atoms with E-state index in [1.807, 2.05) is 24.3 Å². The number of pyridine rings is 1. The van der Waals surface area contributed by atoms with Gasteiger partial charge in [0.05, 0.1) is 23.5 Å². The van der Waals surface area contributed by atoms with E-state index >= 15 is 0 Å². The van der Waals surface area contributed by atoms with Gasteiger partial charge in [-0.15, -0.1) is 0 Å². The Bertz CT molecular complexity index is 640. The van der Waals surface area contributed by atoms with E-state index in [0.717, 1.165) is 11.3 Å². The van der Waals surface area contributed by atoms with Crippen LogP contribution in [0.3, 0.4) is 0 Å². The minimum Gasteiger partial charge on any atom is -0.501 e. The van der Waals surface area contributed by atoms with Crippen molar-refractivity contribution in [2.24, 2.45) is 0 Å². The zero-order valence-corrected chi connectivity index (χ0v) is 11.7. The average molecular weight is 293 g/mol. The second-order valence-corrected chi connectivity index (χ2v) is 4.56. The molecule has 0 atom stereocenters. The molecule has 0 saturated heterocycles. The fourth-order valence-corrected chi connectivity index (χ4v) is 2.08. The van der Waals surface area contributed by atoms with Crippen molar-refractivity contribution in [1.82, 2.24) is 4.98 Å². The molecular weight excluding hydrogens is 283 g/mol. The first-order valence-corrected chi connectivity index (χ1v) is 6.28. The lowest BCUT2D eigenvalue weighted by Gasteiger charge is -2.07. The third kappa shape index (κ3) is 2.81. The molecule has 0 N–H and O–H groups in total. The molecule has 1 heterocycles. The van der Waals surface area contributed by atoms with Crippen LogP contribution in [-0.4, -0.2) is 12.1 Å². The Kier molecular flexibility index (Phi) is 4.26. The van der Waals surface area contributed by atoms with Crippen LogP contribution < -0.4 is 0 Å². The molecule has 0 aliphatic heterocycles. The summed E-state index contributed by atoms with van der Waals surface area (Å²) in [4.78, 5) is 3.99. The van der Waals surface area contributed by atoms with Crippen molar-refractivity contribution in [3.63, 3.8) is 0 Å². The highest BCUT2D eigenvalue weighted by molar-refractivity contribution is 6.42. The van der Waals surface area contributed by atoms with Gasteiger partial charge in [0.2, 0.25) is 0 Å². The summed E-state index contributed by atoms with van der Waals surface area (Å²) in [6.45, 7) is 0. The van der Waals surface area contributed by atoms with Crippen LogP contribution in [0.25, 0.3) is 5.57 Å². The molecule has 0 saturated carbocycles. The second kappa shape index (κ2) is 5.92. The molecule has 19 heavy (non-hydrogen) atoms. The number of rotatable bonds is 2. The molecule has 1 aliphatic rings. The maximum absolute atomic E-state index is 9.21. The van der Waals surface area contributed by atoms with Crippen molar-refractivity contribution < 1.29 is 4.74 Å². The topological polar surface area (TPSA) is 45.9 Å². The Morgan fingerprint density at radius 1 is 1.42 bits per heavy atom. The summed E-state index contributed by atoms with van der Waals surface area (Å²) in [6, 6.07) is 2.07. The van der Waals surface area contributed by atoms with Crippen molar-refractivity contribution in [2.45, 2.75) is 6.42 Å². The van der Waals surface area contributed by atoms with E-state index in [1.165, 1.54) is 0 Å². The van der Waals surface area contributed by atoms with E-state index in [4.69, 9.17) is 27.9 Å². The third-order valence-electron chi connectivity index (χ3n) is 2.74. The molecule has 0 bridgehead atoms. The van der Waals surface area contributed by atoms with Gasteiger partial charge in [-0.05, 0) is 11.6 Å². The van der Waals surface area contributed by atoms with E-state index < -0.39 is 0 Å². The maximum Gasteiger partial charge on any atom is 0.148 e. The SMILES string of the molecule is COC1=CC=CC(c2cnc(Cl)c(Cl)c2C#N)=CC1. The summed E-state index contributed by atoms with van der Waals surface area (Å²) in [5.74, 6) is 0.845. The van der Waals surface area contributed by atoms with Crippen LogP contribution in [0.5, 0.6) is 0 Å². The van der Waals surface area contributed by atoms with E-state index in [0.29, 0.717) is 17.5 Å². The van der Waals surface area contributed by atoms with E-state index in [-0.39, 0.29) is 10.2 Å². The fraction of sp³-hybridized carbons (Fsp3) is 0.143. The lowest BCUT2D eigenvalue weighted by molar-refractivity contribution is 0.285. The number of aromatic nitrogens is 1. The van der Waals surface area contributed by atoms with Gasteiger partial charge in [-0.2, -0.15) is 5.26 Å². The summed E-state index contributed by atoms with van der Waals surface area (Å²) in [5, 5.41) is 9.53. The molecule has 0 unspecified atom stereocenters. The highest BCUT2D eigenvalue weighted by Crippen LogP contribution is 2.31. The van der Waals surface area contributed by atoms with Crippen molar-refractivity contribution in [3.8, 4) is 6.07 Å². The number of hydrogen-bond donors (Lipinski definition) is 0. The van der Waals surface area contributed by atoms with Gasteiger partial charge in [0.1, 0.15) is 11.2 Å². The summed E-state index contributed by atoms with van der Waals surface area (Å²) in [5.41, 5.74) is 1.86. The van der Waals surface area contributed by atoms with Crippen molar-refractivity contribution in [1.29, 1.82) is 5.26 Å². The summed E-state index contributed by atoms with van der Waals surface area (Å²) in [6.07, 6.45) is 9.78. The largest absolute Gasteiger partial charge is 0.501 e. The number of nitriles is 1. The van der Waals surface area contributed by atoms with E-state index in [2.05, 4.69) is 11.1 Å². The van der Waals surface area contributed by atoms with Gasteiger partial charge < -0.3 is 4.74 Å². The number of allylic oxidation sites excluding steroid dienone is 5. The van der Waals surface area contributed by atoms with Gasteiger partial charge in [0.15, 0.2) is 0 Å². The van der Waals surface area contributed by atoms with Crippen LogP contribution in [-0.2, 0) is 4.74 Å². The number of nitrogens with zero attached hydrogens (tertiary/aromatic N) is 2.